The van der Waals surface area contributed by atoms with Gasteiger partial charge < -0.3 is 0 Å². The molecule has 0 heteroatoms. The summed E-state index contributed by atoms with van der Waals surface area (Å²) in [5.41, 5.74) is 1.24. The van der Waals surface area contributed by atoms with E-state index in [-0.39, 0.29) is 0 Å². The number of unbranched alkanes of at least 4 members (excludes halogenated alkanes) is 5. The molecule has 0 aliphatic heterocycles. The third-order valence-corrected chi connectivity index (χ3v) is 2.38. The first-order valence-electron chi connectivity index (χ1n) is 5.72. The first-order chi connectivity index (χ1) is 6.93. The minimum absolute atomic E-state index is 1.10. The zero-order valence-corrected chi connectivity index (χ0v) is 9.13. The van der Waals surface area contributed by atoms with Crippen LogP contribution in [0.25, 0.3) is 0 Å². The van der Waals surface area contributed by atoms with Crippen LogP contribution in [0.15, 0.2) is 30.3 Å². The normalized spacial score (nSPS) is 10.4. The molecule has 14 heavy (non-hydrogen) atoms. The summed E-state index contributed by atoms with van der Waals surface area (Å²) < 4.78 is 0. The molecule has 0 spiro atoms. The van der Waals surface area contributed by atoms with Gasteiger partial charge in [-0.1, -0.05) is 69.4 Å². The molecular formula is C14H20. The predicted molar refractivity (Wildman–Crippen MR) is 62.2 cm³/mol. The molecule has 0 N–H and O–H groups in total. The van der Waals surface area contributed by atoms with Crippen LogP contribution in [0.1, 0.15) is 51.0 Å². The predicted octanol–water partition coefficient (Wildman–Crippen LogP) is 4.48. The second-order valence-electron chi connectivity index (χ2n) is 3.71. The molecule has 76 valence electrons. The van der Waals surface area contributed by atoms with Crippen LogP contribution in [0.3, 0.4) is 0 Å². The van der Waals surface area contributed by atoms with Gasteiger partial charge >= 0.3 is 0 Å². The van der Waals surface area contributed by atoms with Crippen LogP contribution in [0, 0.1) is 6.42 Å². The highest BCUT2D eigenvalue weighted by Gasteiger charge is 1.93. The van der Waals surface area contributed by atoms with Gasteiger partial charge in [-0.25, -0.2) is 0 Å². The molecule has 0 nitrogen and oxygen atoms in total. The Balaban J connectivity index is 1.99. The van der Waals surface area contributed by atoms with Crippen LogP contribution in [0.5, 0.6) is 0 Å². The summed E-state index contributed by atoms with van der Waals surface area (Å²) in [6.45, 7) is 2.25. The molecule has 0 saturated heterocycles. The summed E-state index contributed by atoms with van der Waals surface area (Å²) in [4.78, 5) is 0. The van der Waals surface area contributed by atoms with Crippen molar-refractivity contribution in [1.82, 2.24) is 0 Å². The minimum atomic E-state index is 1.10. The fourth-order valence-electron chi connectivity index (χ4n) is 1.52. The Morgan fingerprint density at radius 3 is 2.36 bits per heavy atom. The lowest BCUT2D eigenvalue weighted by molar-refractivity contribution is 0.631. The molecule has 0 unspecified atom stereocenters. The number of benzene rings is 1. The van der Waals surface area contributed by atoms with Crippen molar-refractivity contribution in [3.63, 3.8) is 0 Å². The fourth-order valence-corrected chi connectivity index (χ4v) is 1.52. The first-order valence-corrected chi connectivity index (χ1v) is 5.72. The topological polar surface area (TPSA) is 0 Å². The van der Waals surface area contributed by atoms with Gasteiger partial charge in [0, 0.05) is 6.42 Å². The Labute approximate surface area is 88.4 Å². The van der Waals surface area contributed by atoms with Crippen LogP contribution in [-0.2, 0) is 0 Å². The van der Waals surface area contributed by atoms with Crippen LogP contribution in [-0.4, -0.2) is 0 Å². The van der Waals surface area contributed by atoms with Crippen molar-refractivity contribution in [3.8, 4) is 0 Å². The molecule has 1 aromatic carbocycles. The van der Waals surface area contributed by atoms with Gasteiger partial charge in [0.05, 0.1) is 0 Å². The monoisotopic (exact) mass is 188 g/mol. The van der Waals surface area contributed by atoms with Gasteiger partial charge in [0.25, 0.3) is 0 Å². The summed E-state index contributed by atoms with van der Waals surface area (Å²) in [5, 5.41) is 0. The van der Waals surface area contributed by atoms with E-state index in [2.05, 4.69) is 37.6 Å². The Morgan fingerprint density at radius 1 is 0.929 bits per heavy atom. The second kappa shape index (κ2) is 7.61. The van der Waals surface area contributed by atoms with E-state index in [1.165, 1.54) is 37.7 Å². The van der Waals surface area contributed by atoms with Crippen molar-refractivity contribution in [2.75, 3.05) is 0 Å². The van der Waals surface area contributed by atoms with E-state index >= 15 is 0 Å². The fraction of sp³-hybridized carbons (Fsp3) is 0.500. The number of hydrogen-bond acceptors (Lipinski definition) is 0. The molecule has 0 saturated carbocycles. The van der Waals surface area contributed by atoms with E-state index < -0.39 is 0 Å². The quantitative estimate of drug-likeness (QED) is 0.553. The molecule has 0 heterocycles. The summed E-state index contributed by atoms with van der Waals surface area (Å²) >= 11 is 0. The minimum Gasteiger partial charge on any atom is -0.0654 e. The summed E-state index contributed by atoms with van der Waals surface area (Å²) in [6.07, 6.45) is 11.3. The van der Waals surface area contributed by atoms with Gasteiger partial charge in [0.1, 0.15) is 0 Å². The number of rotatable bonds is 7. The molecule has 0 aliphatic carbocycles. The van der Waals surface area contributed by atoms with Crippen LogP contribution < -0.4 is 0 Å². The van der Waals surface area contributed by atoms with Gasteiger partial charge in [-0.05, 0) is 12.0 Å². The summed E-state index contributed by atoms with van der Waals surface area (Å²) in [7, 11) is 0. The van der Waals surface area contributed by atoms with Crippen LogP contribution in [0.4, 0.5) is 0 Å². The number of hydrogen-bond donors (Lipinski definition) is 0. The van der Waals surface area contributed by atoms with Crippen LogP contribution in [0.2, 0.25) is 0 Å². The summed E-state index contributed by atoms with van der Waals surface area (Å²) in [6, 6.07) is 10.4. The van der Waals surface area contributed by atoms with E-state index in [0.29, 0.717) is 0 Å². The lowest BCUT2D eigenvalue weighted by Gasteiger charge is -2.00. The Bertz CT molecular complexity index is 213. The first kappa shape index (κ1) is 11.3. The standard InChI is InChI=1S/C14H20/c1-2-3-4-5-6-8-11-14-12-9-7-10-13-14/h7,9-10,12-13H,2-6,8H2,1H3. The Hall–Kier alpha value is -0.780. The van der Waals surface area contributed by atoms with Crippen molar-refractivity contribution in [1.29, 1.82) is 0 Å². The van der Waals surface area contributed by atoms with Gasteiger partial charge in [-0.3, -0.25) is 0 Å². The lowest BCUT2D eigenvalue weighted by Crippen LogP contribution is -1.82. The van der Waals surface area contributed by atoms with Gasteiger partial charge in [-0.15, -0.1) is 0 Å². The van der Waals surface area contributed by atoms with Crippen molar-refractivity contribution < 1.29 is 0 Å². The molecular weight excluding hydrogens is 168 g/mol. The molecule has 0 amide bonds. The van der Waals surface area contributed by atoms with Gasteiger partial charge in [0.2, 0.25) is 0 Å². The molecule has 0 aromatic heterocycles. The van der Waals surface area contributed by atoms with Gasteiger partial charge in [-0.2, -0.15) is 0 Å². The lowest BCUT2D eigenvalue weighted by atomic mass is 10.1. The Kier molecular flexibility index (Phi) is 6.14. The van der Waals surface area contributed by atoms with Crippen molar-refractivity contribution in [2.45, 2.75) is 45.4 Å². The van der Waals surface area contributed by atoms with Crippen molar-refractivity contribution >= 4 is 0 Å². The highest BCUT2D eigenvalue weighted by molar-refractivity contribution is 5.21. The molecule has 1 rings (SSSR count). The van der Waals surface area contributed by atoms with Gasteiger partial charge in [0.15, 0.2) is 0 Å². The van der Waals surface area contributed by atoms with Crippen molar-refractivity contribution in [2.24, 2.45) is 0 Å². The SMILES string of the molecule is CCCCCCC[C]c1ccccc1. The van der Waals surface area contributed by atoms with Crippen LogP contribution >= 0.6 is 0 Å². The third-order valence-electron chi connectivity index (χ3n) is 2.38. The average Bonchev–Trinajstić information content (AvgIpc) is 2.25. The largest absolute Gasteiger partial charge is 0.0654 e. The van der Waals surface area contributed by atoms with E-state index in [1.54, 1.807) is 0 Å². The van der Waals surface area contributed by atoms with E-state index in [1.807, 2.05) is 6.07 Å². The zero-order valence-electron chi connectivity index (χ0n) is 9.13. The third kappa shape index (κ3) is 5.06. The molecule has 0 fully saturated rings. The van der Waals surface area contributed by atoms with Crippen molar-refractivity contribution in [3.05, 3.63) is 42.3 Å². The van der Waals surface area contributed by atoms with E-state index in [0.717, 1.165) is 6.42 Å². The molecule has 0 atom stereocenters. The van der Waals surface area contributed by atoms with E-state index in [4.69, 9.17) is 0 Å². The second-order valence-corrected chi connectivity index (χ2v) is 3.71. The maximum atomic E-state index is 3.42. The highest BCUT2D eigenvalue weighted by Crippen LogP contribution is 2.10. The maximum Gasteiger partial charge on any atom is 0.0164 e. The zero-order chi connectivity index (χ0) is 10.1. The molecule has 0 bridgehead atoms. The maximum absolute atomic E-state index is 3.42. The molecule has 0 aliphatic rings. The Morgan fingerprint density at radius 2 is 1.64 bits per heavy atom. The van der Waals surface area contributed by atoms with E-state index in [9.17, 15) is 0 Å². The highest BCUT2D eigenvalue weighted by atomic mass is 14.0. The smallest absolute Gasteiger partial charge is 0.0164 e. The molecule has 1 aromatic rings. The average molecular weight is 188 g/mol. The molecule has 2 radical (unpaired) electrons. The summed E-state index contributed by atoms with van der Waals surface area (Å²) in [5.74, 6) is 0.